The summed E-state index contributed by atoms with van der Waals surface area (Å²) in [6, 6.07) is 3.26. The van der Waals surface area contributed by atoms with E-state index in [1.54, 1.807) is 23.0 Å². The van der Waals surface area contributed by atoms with Crippen molar-refractivity contribution in [1.82, 2.24) is 19.7 Å². The van der Waals surface area contributed by atoms with Gasteiger partial charge in [-0.3, -0.25) is 0 Å². The number of esters is 1. The van der Waals surface area contributed by atoms with E-state index in [0.29, 0.717) is 11.4 Å². The molecule has 2 rings (SSSR count). The highest BCUT2D eigenvalue weighted by Crippen LogP contribution is 2.11. The topological polar surface area (TPSA) is 69.9 Å². The molecule has 6 nitrogen and oxygen atoms in total. The number of rotatable bonds is 4. The highest BCUT2D eigenvalue weighted by molar-refractivity contribution is 5.89. The first-order valence-corrected chi connectivity index (χ1v) is 6.19. The first-order chi connectivity index (χ1) is 9.19. The monoisotopic (exact) mass is 260 g/mol. The normalized spacial score (nSPS) is 10.5. The first-order valence-electron chi connectivity index (χ1n) is 6.19. The number of aromatic nitrogens is 4. The van der Waals surface area contributed by atoms with Crippen molar-refractivity contribution >= 4 is 5.97 Å². The number of methoxy groups -OCH3 is 1. The largest absolute Gasteiger partial charge is 0.465 e. The van der Waals surface area contributed by atoms with Crippen LogP contribution in [-0.2, 0) is 17.6 Å². The molecule has 0 N–H and O–H groups in total. The van der Waals surface area contributed by atoms with E-state index in [4.69, 9.17) is 4.74 Å². The molecule has 0 unspecified atom stereocenters. The lowest BCUT2D eigenvalue weighted by Crippen LogP contribution is -2.08. The van der Waals surface area contributed by atoms with Gasteiger partial charge in [-0.2, -0.15) is 4.68 Å². The van der Waals surface area contributed by atoms with Crippen molar-refractivity contribution in [1.29, 1.82) is 0 Å². The zero-order valence-corrected chi connectivity index (χ0v) is 11.3. The SMILES string of the molecule is CCc1nc(CC)n(-c2cc(C(=O)OC)ccn2)n1. The van der Waals surface area contributed by atoms with Crippen LogP contribution < -0.4 is 0 Å². The summed E-state index contributed by atoms with van der Waals surface area (Å²) in [5, 5.41) is 4.39. The highest BCUT2D eigenvalue weighted by Gasteiger charge is 2.12. The van der Waals surface area contributed by atoms with Crippen LogP contribution in [0.5, 0.6) is 0 Å². The average molecular weight is 260 g/mol. The van der Waals surface area contributed by atoms with E-state index < -0.39 is 5.97 Å². The maximum absolute atomic E-state index is 11.5. The summed E-state index contributed by atoms with van der Waals surface area (Å²) in [5.41, 5.74) is 0.447. The Morgan fingerprint density at radius 3 is 2.79 bits per heavy atom. The third-order valence-corrected chi connectivity index (χ3v) is 2.73. The molecule has 0 amide bonds. The second kappa shape index (κ2) is 5.60. The van der Waals surface area contributed by atoms with E-state index in [1.807, 2.05) is 13.8 Å². The summed E-state index contributed by atoms with van der Waals surface area (Å²) in [5.74, 6) is 1.78. The Morgan fingerprint density at radius 2 is 2.16 bits per heavy atom. The zero-order valence-electron chi connectivity index (χ0n) is 11.3. The Kier molecular flexibility index (Phi) is 3.89. The summed E-state index contributed by atoms with van der Waals surface area (Å²) >= 11 is 0. The summed E-state index contributed by atoms with van der Waals surface area (Å²) in [4.78, 5) is 20.2. The molecule has 6 heteroatoms. The maximum Gasteiger partial charge on any atom is 0.338 e. The van der Waals surface area contributed by atoms with Gasteiger partial charge < -0.3 is 4.74 Å². The minimum Gasteiger partial charge on any atom is -0.465 e. The van der Waals surface area contributed by atoms with Crippen LogP contribution in [0.25, 0.3) is 5.82 Å². The smallest absolute Gasteiger partial charge is 0.338 e. The predicted molar refractivity (Wildman–Crippen MR) is 69.2 cm³/mol. The minimum absolute atomic E-state index is 0.391. The Bertz CT molecular complexity index is 592. The van der Waals surface area contributed by atoms with Gasteiger partial charge >= 0.3 is 5.97 Å². The van der Waals surface area contributed by atoms with Crippen LogP contribution in [0.15, 0.2) is 18.3 Å². The molecule has 0 atom stereocenters. The van der Waals surface area contributed by atoms with Crippen LogP contribution in [-0.4, -0.2) is 32.8 Å². The Balaban J connectivity index is 2.46. The third-order valence-electron chi connectivity index (χ3n) is 2.73. The van der Waals surface area contributed by atoms with Gasteiger partial charge in [-0.25, -0.2) is 14.8 Å². The molecule has 0 aromatic carbocycles. The van der Waals surface area contributed by atoms with Crippen LogP contribution in [0.2, 0.25) is 0 Å². The average Bonchev–Trinajstić information content (AvgIpc) is 2.90. The molecular weight excluding hydrogens is 244 g/mol. The van der Waals surface area contributed by atoms with Crippen LogP contribution in [0, 0.1) is 0 Å². The van der Waals surface area contributed by atoms with Gasteiger partial charge in [-0.1, -0.05) is 13.8 Å². The minimum atomic E-state index is -0.391. The van der Waals surface area contributed by atoms with Crippen molar-refractivity contribution in [3.63, 3.8) is 0 Å². The molecular formula is C13H16N4O2. The van der Waals surface area contributed by atoms with E-state index in [1.165, 1.54) is 7.11 Å². The number of aryl methyl sites for hydroxylation is 2. The van der Waals surface area contributed by atoms with Gasteiger partial charge in [0.2, 0.25) is 0 Å². The van der Waals surface area contributed by atoms with Crippen LogP contribution in [0.3, 0.4) is 0 Å². The van der Waals surface area contributed by atoms with Gasteiger partial charge in [0.05, 0.1) is 12.7 Å². The summed E-state index contributed by atoms with van der Waals surface area (Å²) in [6.07, 6.45) is 3.07. The molecule has 2 aromatic rings. The van der Waals surface area contributed by atoms with Crippen LogP contribution in [0.1, 0.15) is 35.9 Å². The quantitative estimate of drug-likeness (QED) is 0.780. The van der Waals surface area contributed by atoms with Gasteiger partial charge in [0.15, 0.2) is 11.6 Å². The molecule has 100 valence electrons. The summed E-state index contributed by atoms with van der Waals surface area (Å²) < 4.78 is 6.37. The fraction of sp³-hybridized carbons (Fsp3) is 0.385. The Hall–Kier alpha value is -2.24. The molecule has 0 aliphatic rings. The van der Waals surface area contributed by atoms with E-state index >= 15 is 0 Å². The lowest BCUT2D eigenvalue weighted by molar-refractivity contribution is 0.0600. The van der Waals surface area contributed by atoms with Crippen molar-refractivity contribution in [3.8, 4) is 5.82 Å². The van der Waals surface area contributed by atoms with Gasteiger partial charge in [-0.15, -0.1) is 5.10 Å². The van der Waals surface area contributed by atoms with Crippen molar-refractivity contribution < 1.29 is 9.53 Å². The molecule has 0 saturated heterocycles. The second-order valence-corrected chi connectivity index (χ2v) is 3.96. The maximum atomic E-state index is 11.5. The first kappa shape index (κ1) is 13.2. The Morgan fingerprint density at radius 1 is 1.37 bits per heavy atom. The second-order valence-electron chi connectivity index (χ2n) is 3.96. The number of ether oxygens (including phenoxy) is 1. The molecule has 0 radical (unpaired) electrons. The molecule has 0 spiro atoms. The van der Waals surface area contributed by atoms with E-state index in [0.717, 1.165) is 24.5 Å². The van der Waals surface area contributed by atoms with Gasteiger partial charge in [-0.05, 0) is 12.1 Å². The molecule has 2 aromatic heterocycles. The third kappa shape index (κ3) is 2.62. The van der Waals surface area contributed by atoms with Crippen LogP contribution in [0.4, 0.5) is 0 Å². The summed E-state index contributed by atoms with van der Waals surface area (Å²) in [6.45, 7) is 4.00. The fourth-order valence-corrected chi connectivity index (χ4v) is 1.73. The van der Waals surface area contributed by atoms with Crippen molar-refractivity contribution in [2.45, 2.75) is 26.7 Å². The van der Waals surface area contributed by atoms with Crippen LogP contribution >= 0.6 is 0 Å². The molecule has 0 aliphatic carbocycles. The number of pyridine rings is 1. The van der Waals surface area contributed by atoms with Gasteiger partial charge in [0.25, 0.3) is 0 Å². The predicted octanol–water partition coefficient (Wildman–Crippen LogP) is 1.57. The van der Waals surface area contributed by atoms with Gasteiger partial charge in [0, 0.05) is 19.0 Å². The number of nitrogens with zero attached hydrogens (tertiary/aromatic N) is 4. The van der Waals surface area contributed by atoms with E-state index in [9.17, 15) is 4.79 Å². The number of carbonyl (C=O) groups is 1. The van der Waals surface area contributed by atoms with E-state index in [2.05, 4.69) is 15.1 Å². The molecule has 2 heterocycles. The fourth-order valence-electron chi connectivity index (χ4n) is 1.73. The Labute approximate surface area is 111 Å². The highest BCUT2D eigenvalue weighted by atomic mass is 16.5. The van der Waals surface area contributed by atoms with E-state index in [-0.39, 0.29) is 0 Å². The van der Waals surface area contributed by atoms with Gasteiger partial charge in [0.1, 0.15) is 5.82 Å². The summed E-state index contributed by atoms with van der Waals surface area (Å²) in [7, 11) is 1.35. The molecule has 19 heavy (non-hydrogen) atoms. The lowest BCUT2D eigenvalue weighted by atomic mass is 10.2. The molecule has 0 saturated carbocycles. The molecule has 0 bridgehead atoms. The van der Waals surface area contributed by atoms with Crippen molar-refractivity contribution in [3.05, 3.63) is 35.5 Å². The lowest BCUT2D eigenvalue weighted by Gasteiger charge is -2.05. The van der Waals surface area contributed by atoms with Crippen molar-refractivity contribution in [2.75, 3.05) is 7.11 Å². The zero-order chi connectivity index (χ0) is 13.8. The standard InChI is InChI=1S/C13H16N4O2/c1-4-10-15-11(5-2)17(16-10)12-8-9(6-7-14-12)13(18)19-3/h6-8H,4-5H2,1-3H3. The number of hydrogen-bond acceptors (Lipinski definition) is 5. The number of carbonyl (C=O) groups excluding carboxylic acids is 1. The molecule has 0 fully saturated rings. The molecule has 0 aliphatic heterocycles. The van der Waals surface area contributed by atoms with Crippen molar-refractivity contribution in [2.24, 2.45) is 0 Å². The number of hydrogen-bond donors (Lipinski definition) is 0.